The van der Waals surface area contributed by atoms with Crippen LogP contribution in [0.15, 0.2) is 18.3 Å². The van der Waals surface area contributed by atoms with Crippen LogP contribution in [0.2, 0.25) is 0 Å². The molecular weight excluding hydrogens is 197 g/mol. The molecular formula is C10H10FN3O. The minimum absolute atomic E-state index is 0.0845. The summed E-state index contributed by atoms with van der Waals surface area (Å²) in [6.45, 7) is 1.62. The molecule has 2 rings (SSSR count). The minimum Gasteiger partial charge on any atom is -0.507 e. The van der Waals surface area contributed by atoms with Gasteiger partial charge in [-0.15, -0.1) is 0 Å². The summed E-state index contributed by atoms with van der Waals surface area (Å²) in [7, 11) is 0. The summed E-state index contributed by atoms with van der Waals surface area (Å²) in [5.74, 6) is -0.399. The van der Waals surface area contributed by atoms with Crippen LogP contribution in [0.4, 0.5) is 10.2 Å². The van der Waals surface area contributed by atoms with Crippen molar-refractivity contribution in [1.29, 1.82) is 0 Å². The number of nitrogens with one attached hydrogen (secondary N) is 1. The van der Waals surface area contributed by atoms with E-state index in [9.17, 15) is 9.50 Å². The van der Waals surface area contributed by atoms with Gasteiger partial charge >= 0.3 is 0 Å². The molecule has 0 unspecified atom stereocenters. The first-order valence-corrected chi connectivity index (χ1v) is 4.38. The number of hydrogen-bond acceptors (Lipinski definition) is 3. The van der Waals surface area contributed by atoms with Crippen molar-refractivity contribution >= 4 is 5.82 Å². The number of aryl methyl sites for hydroxylation is 1. The third-order valence-corrected chi connectivity index (χ3v) is 2.25. The molecule has 5 heteroatoms. The molecule has 0 aliphatic heterocycles. The Bertz CT molecular complexity index is 507. The summed E-state index contributed by atoms with van der Waals surface area (Å²) in [5.41, 5.74) is 6.47. The molecule has 0 bridgehead atoms. The van der Waals surface area contributed by atoms with E-state index in [1.807, 2.05) is 0 Å². The molecule has 2 aromatic rings. The van der Waals surface area contributed by atoms with Crippen molar-refractivity contribution in [2.45, 2.75) is 6.92 Å². The first-order chi connectivity index (χ1) is 7.11. The maximum Gasteiger partial charge on any atom is 0.137 e. The predicted molar refractivity (Wildman–Crippen MR) is 54.8 cm³/mol. The number of benzene rings is 1. The first-order valence-electron chi connectivity index (χ1n) is 4.38. The molecule has 0 atom stereocenters. The molecule has 0 spiro atoms. The van der Waals surface area contributed by atoms with E-state index in [1.165, 1.54) is 18.3 Å². The molecule has 1 aromatic carbocycles. The monoisotopic (exact) mass is 207 g/mol. The summed E-state index contributed by atoms with van der Waals surface area (Å²) in [6, 6.07) is 2.94. The van der Waals surface area contributed by atoms with Gasteiger partial charge in [-0.3, -0.25) is 5.10 Å². The smallest absolute Gasteiger partial charge is 0.137 e. The molecule has 0 radical (unpaired) electrons. The molecule has 4 N–H and O–H groups in total. The zero-order valence-corrected chi connectivity index (χ0v) is 8.08. The number of nitrogens with zero attached hydrogens (tertiary/aromatic N) is 1. The standard InChI is InChI=1S/C10H10FN3O/c1-5-2-3-7(15)8(9(5)11)6-4-13-14-10(6)12/h2-4,15H,1H3,(H3,12,13,14). The Hall–Kier alpha value is -2.04. The summed E-state index contributed by atoms with van der Waals surface area (Å²) in [4.78, 5) is 0. The molecule has 0 amide bonds. The van der Waals surface area contributed by atoms with Gasteiger partial charge in [0, 0.05) is 0 Å². The number of aromatic nitrogens is 2. The summed E-state index contributed by atoms with van der Waals surface area (Å²) < 4.78 is 13.7. The molecule has 0 saturated carbocycles. The van der Waals surface area contributed by atoms with E-state index in [4.69, 9.17) is 5.73 Å². The van der Waals surface area contributed by atoms with E-state index in [0.29, 0.717) is 11.1 Å². The van der Waals surface area contributed by atoms with Crippen LogP contribution in [0, 0.1) is 12.7 Å². The van der Waals surface area contributed by atoms with Crippen LogP contribution in [0.25, 0.3) is 11.1 Å². The lowest BCUT2D eigenvalue weighted by Gasteiger charge is -2.06. The van der Waals surface area contributed by atoms with E-state index >= 15 is 0 Å². The topological polar surface area (TPSA) is 74.9 Å². The maximum absolute atomic E-state index is 13.7. The SMILES string of the molecule is Cc1ccc(O)c(-c2cn[nH]c2N)c1F. The van der Waals surface area contributed by atoms with Crippen LogP contribution in [-0.4, -0.2) is 15.3 Å². The molecule has 4 nitrogen and oxygen atoms in total. The van der Waals surface area contributed by atoms with Gasteiger partial charge in [0.15, 0.2) is 0 Å². The van der Waals surface area contributed by atoms with Crippen LogP contribution in [0.1, 0.15) is 5.56 Å². The molecule has 1 aromatic heterocycles. The fraction of sp³-hybridized carbons (Fsp3) is 0.100. The van der Waals surface area contributed by atoms with E-state index in [0.717, 1.165) is 0 Å². The molecule has 0 saturated heterocycles. The maximum atomic E-state index is 13.7. The van der Waals surface area contributed by atoms with Gasteiger partial charge in [-0.2, -0.15) is 5.10 Å². The van der Waals surface area contributed by atoms with Crippen molar-refractivity contribution in [3.63, 3.8) is 0 Å². The fourth-order valence-corrected chi connectivity index (χ4v) is 1.42. The lowest BCUT2D eigenvalue weighted by Crippen LogP contribution is -1.92. The largest absolute Gasteiger partial charge is 0.507 e. The van der Waals surface area contributed by atoms with Crippen LogP contribution in [-0.2, 0) is 0 Å². The Labute approximate surface area is 85.6 Å². The second kappa shape index (κ2) is 3.27. The number of halogens is 1. The number of H-pyrrole nitrogens is 1. The van der Waals surface area contributed by atoms with Gasteiger partial charge in [-0.05, 0) is 18.6 Å². The zero-order valence-electron chi connectivity index (χ0n) is 8.08. The van der Waals surface area contributed by atoms with E-state index in [2.05, 4.69) is 10.2 Å². The number of phenols is 1. The highest BCUT2D eigenvalue weighted by molar-refractivity contribution is 5.78. The summed E-state index contributed by atoms with van der Waals surface area (Å²) in [6.07, 6.45) is 1.38. The number of nitrogen functional groups attached to an aromatic ring is 1. The Morgan fingerprint density at radius 3 is 2.80 bits per heavy atom. The molecule has 0 aliphatic carbocycles. The van der Waals surface area contributed by atoms with Gasteiger partial charge in [-0.25, -0.2) is 4.39 Å². The first kappa shape index (κ1) is 9.51. The third-order valence-electron chi connectivity index (χ3n) is 2.25. The molecule has 1 heterocycles. The number of hydrogen-bond donors (Lipinski definition) is 3. The molecule has 0 aliphatic rings. The second-order valence-electron chi connectivity index (χ2n) is 3.29. The Morgan fingerprint density at radius 2 is 2.20 bits per heavy atom. The van der Waals surface area contributed by atoms with Crippen LogP contribution in [0.5, 0.6) is 5.75 Å². The van der Waals surface area contributed by atoms with E-state index in [1.54, 1.807) is 6.92 Å². The van der Waals surface area contributed by atoms with Gasteiger partial charge in [0.2, 0.25) is 0 Å². The van der Waals surface area contributed by atoms with Gasteiger partial charge in [0.05, 0.1) is 17.3 Å². The van der Waals surface area contributed by atoms with Gasteiger partial charge < -0.3 is 10.8 Å². The predicted octanol–water partition coefficient (Wildman–Crippen LogP) is 1.81. The fourth-order valence-electron chi connectivity index (χ4n) is 1.42. The highest BCUT2D eigenvalue weighted by atomic mass is 19.1. The van der Waals surface area contributed by atoms with Crippen LogP contribution in [0.3, 0.4) is 0 Å². The number of anilines is 1. The average molecular weight is 207 g/mol. The van der Waals surface area contributed by atoms with Crippen molar-refractivity contribution in [2.75, 3.05) is 5.73 Å². The molecule has 0 fully saturated rings. The lowest BCUT2D eigenvalue weighted by atomic mass is 10.0. The van der Waals surface area contributed by atoms with Crippen LogP contribution < -0.4 is 5.73 Å². The van der Waals surface area contributed by atoms with Gasteiger partial charge in [-0.1, -0.05) is 6.07 Å². The Morgan fingerprint density at radius 1 is 1.47 bits per heavy atom. The number of aromatic amines is 1. The summed E-state index contributed by atoms with van der Waals surface area (Å²) >= 11 is 0. The highest BCUT2D eigenvalue weighted by Crippen LogP contribution is 2.35. The minimum atomic E-state index is -0.483. The van der Waals surface area contributed by atoms with Crippen LogP contribution >= 0.6 is 0 Å². The number of aromatic hydroxyl groups is 1. The van der Waals surface area contributed by atoms with E-state index in [-0.39, 0.29) is 17.1 Å². The molecule has 15 heavy (non-hydrogen) atoms. The number of rotatable bonds is 1. The number of nitrogens with two attached hydrogens (primary N) is 1. The van der Waals surface area contributed by atoms with Crippen molar-refractivity contribution in [2.24, 2.45) is 0 Å². The highest BCUT2D eigenvalue weighted by Gasteiger charge is 2.16. The van der Waals surface area contributed by atoms with Crippen molar-refractivity contribution in [3.8, 4) is 16.9 Å². The van der Waals surface area contributed by atoms with Gasteiger partial charge in [0.1, 0.15) is 17.4 Å². The molecule has 78 valence electrons. The van der Waals surface area contributed by atoms with Gasteiger partial charge in [0.25, 0.3) is 0 Å². The normalized spacial score (nSPS) is 10.5. The lowest BCUT2D eigenvalue weighted by molar-refractivity contribution is 0.471. The van der Waals surface area contributed by atoms with Crippen molar-refractivity contribution in [3.05, 3.63) is 29.7 Å². The van der Waals surface area contributed by atoms with E-state index < -0.39 is 5.82 Å². The Balaban J connectivity index is 2.72. The number of phenolic OH excluding ortho intramolecular Hbond substituents is 1. The third kappa shape index (κ3) is 1.41. The van der Waals surface area contributed by atoms with Crippen molar-refractivity contribution in [1.82, 2.24) is 10.2 Å². The summed E-state index contributed by atoms with van der Waals surface area (Å²) in [5, 5.41) is 15.7. The average Bonchev–Trinajstić information content (AvgIpc) is 2.60. The Kier molecular flexibility index (Phi) is 2.07. The van der Waals surface area contributed by atoms with Crippen molar-refractivity contribution < 1.29 is 9.50 Å². The quantitative estimate of drug-likeness (QED) is 0.667. The zero-order chi connectivity index (χ0) is 11.0. The second-order valence-corrected chi connectivity index (χ2v) is 3.29.